The van der Waals surface area contributed by atoms with Crippen LogP contribution in [0, 0.1) is 21.4 Å². The highest BCUT2D eigenvalue weighted by Crippen LogP contribution is 2.22. The van der Waals surface area contributed by atoms with E-state index >= 15 is 0 Å². The Balaban J connectivity index is 2.31. The van der Waals surface area contributed by atoms with Crippen LogP contribution in [0.15, 0.2) is 48.5 Å². The molecule has 0 spiro atoms. The molecule has 2 aromatic carbocycles. The van der Waals surface area contributed by atoms with Crippen molar-refractivity contribution in [3.05, 3.63) is 75.3 Å². The molecule has 0 aliphatic carbocycles. The molecule has 0 amide bonds. The molecule has 110 valence electrons. The molecule has 0 fully saturated rings. The Bertz CT molecular complexity index is 736. The highest BCUT2D eigenvalue weighted by molar-refractivity contribution is 5.89. The fourth-order valence-electron chi connectivity index (χ4n) is 2.09. The number of non-ortho nitro benzene ring substituents is 1. The first kappa shape index (κ1) is 15.5. The zero-order chi connectivity index (χ0) is 16.1. The SMILES string of the molecule is CC(C)c1ccc(/C=C(\C#N)c2ccc([N+](=O)[O-])cc2)cc1. The van der Waals surface area contributed by atoms with Crippen molar-refractivity contribution in [1.29, 1.82) is 5.26 Å². The van der Waals surface area contributed by atoms with Crippen molar-refractivity contribution < 1.29 is 4.92 Å². The summed E-state index contributed by atoms with van der Waals surface area (Å²) in [4.78, 5) is 10.2. The van der Waals surface area contributed by atoms with Crippen LogP contribution in [0.3, 0.4) is 0 Å². The number of rotatable bonds is 4. The van der Waals surface area contributed by atoms with Crippen LogP contribution in [-0.2, 0) is 0 Å². The van der Waals surface area contributed by atoms with E-state index in [0.29, 0.717) is 17.1 Å². The Hall–Kier alpha value is -2.93. The van der Waals surface area contributed by atoms with Crippen molar-refractivity contribution in [3.8, 4) is 6.07 Å². The van der Waals surface area contributed by atoms with E-state index in [-0.39, 0.29) is 5.69 Å². The molecule has 0 bridgehead atoms. The zero-order valence-corrected chi connectivity index (χ0v) is 12.5. The Labute approximate surface area is 129 Å². The minimum absolute atomic E-state index is 0.0160. The van der Waals surface area contributed by atoms with Crippen molar-refractivity contribution in [2.24, 2.45) is 0 Å². The van der Waals surface area contributed by atoms with Gasteiger partial charge in [-0.3, -0.25) is 10.1 Å². The van der Waals surface area contributed by atoms with Gasteiger partial charge in [-0.25, -0.2) is 0 Å². The number of hydrogen-bond acceptors (Lipinski definition) is 3. The van der Waals surface area contributed by atoms with Crippen LogP contribution in [0.5, 0.6) is 0 Å². The Morgan fingerprint density at radius 2 is 1.73 bits per heavy atom. The van der Waals surface area contributed by atoms with E-state index in [2.05, 4.69) is 19.9 Å². The predicted octanol–water partition coefficient (Wildman–Crippen LogP) is 4.78. The van der Waals surface area contributed by atoms with Crippen molar-refractivity contribution in [2.75, 3.05) is 0 Å². The van der Waals surface area contributed by atoms with E-state index in [1.54, 1.807) is 18.2 Å². The van der Waals surface area contributed by atoms with Crippen LogP contribution >= 0.6 is 0 Å². The lowest BCUT2D eigenvalue weighted by Gasteiger charge is -2.05. The van der Waals surface area contributed by atoms with Crippen molar-refractivity contribution in [1.82, 2.24) is 0 Å². The molecule has 0 atom stereocenters. The van der Waals surface area contributed by atoms with Crippen LogP contribution < -0.4 is 0 Å². The van der Waals surface area contributed by atoms with Gasteiger partial charge < -0.3 is 0 Å². The summed E-state index contributed by atoms with van der Waals surface area (Å²) in [5, 5.41) is 20.0. The van der Waals surface area contributed by atoms with Crippen LogP contribution in [0.25, 0.3) is 11.6 Å². The zero-order valence-electron chi connectivity index (χ0n) is 12.5. The molecule has 0 N–H and O–H groups in total. The van der Waals surface area contributed by atoms with Gasteiger partial charge in [0.1, 0.15) is 0 Å². The van der Waals surface area contributed by atoms with Crippen LogP contribution in [0.1, 0.15) is 36.5 Å². The Morgan fingerprint density at radius 1 is 1.14 bits per heavy atom. The first-order chi connectivity index (χ1) is 10.5. The molecular formula is C18H16N2O2. The summed E-state index contributed by atoms with van der Waals surface area (Å²) in [7, 11) is 0. The molecule has 4 nitrogen and oxygen atoms in total. The topological polar surface area (TPSA) is 66.9 Å². The second-order valence-corrected chi connectivity index (χ2v) is 5.30. The van der Waals surface area contributed by atoms with Crippen molar-refractivity contribution >= 4 is 17.3 Å². The average Bonchev–Trinajstić information content (AvgIpc) is 2.53. The number of nitriles is 1. The summed E-state index contributed by atoms with van der Waals surface area (Å²) in [6.45, 7) is 4.25. The molecule has 22 heavy (non-hydrogen) atoms. The highest BCUT2D eigenvalue weighted by Gasteiger charge is 2.07. The fraction of sp³-hybridized carbons (Fsp3) is 0.167. The second kappa shape index (κ2) is 6.68. The number of nitro benzene ring substituents is 1. The molecule has 4 heteroatoms. The number of allylic oxidation sites excluding steroid dienone is 1. The van der Waals surface area contributed by atoms with E-state index in [0.717, 1.165) is 5.56 Å². The van der Waals surface area contributed by atoms with Gasteiger partial charge in [-0.1, -0.05) is 38.1 Å². The third kappa shape index (κ3) is 3.58. The molecule has 2 rings (SSSR count). The summed E-state index contributed by atoms with van der Waals surface area (Å²) >= 11 is 0. The third-order valence-electron chi connectivity index (χ3n) is 3.42. The molecule has 2 aromatic rings. The summed E-state index contributed by atoms with van der Waals surface area (Å²) in [5.74, 6) is 0.461. The van der Waals surface area contributed by atoms with Crippen molar-refractivity contribution in [2.45, 2.75) is 19.8 Å². The standard InChI is InChI=1S/C18H16N2O2/c1-13(2)15-5-3-14(4-6-15)11-17(12-19)16-7-9-18(10-8-16)20(21)22/h3-11,13H,1-2H3/b17-11+. The molecule has 0 heterocycles. The van der Waals surface area contributed by atoms with E-state index in [9.17, 15) is 15.4 Å². The van der Waals surface area contributed by atoms with Gasteiger partial charge in [-0.15, -0.1) is 0 Å². The van der Waals surface area contributed by atoms with Crippen molar-refractivity contribution in [3.63, 3.8) is 0 Å². The molecule has 0 saturated heterocycles. The third-order valence-corrected chi connectivity index (χ3v) is 3.42. The molecule has 0 saturated carbocycles. The molecule has 0 aromatic heterocycles. The van der Waals surface area contributed by atoms with E-state index in [4.69, 9.17) is 0 Å². The molecule has 0 aliphatic rings. The average molecular weight is 292 g/mol. The minimum Gasteiger partial charge on any atom is -0.258 e. The number of hydrogen-bond donors (Lipinski definition) is 0. The van der Waals surface area contributed by atoms with Gasteiger partial charge in [-0.05, 0) is 40.8 Å². The fourth-order valence-corrected chi connectivity index (χ4v) is 2.09. The Morgan fingerprint density at radius 3 is 2.18 bits per heavy atom. The summed E-state index contributed by atoms with van der Waals surface area (Å²) in [6.07, 6.45) is 1.78. The monoisotopic (exact) mass is 292 g/mol. The summed E-state index contributed by atoms with van der Waals surface area (Å²) in [6, 6.07) is 16.2. The molecule has 0 unspecified atom stereocenters. The van der Waals surface area contributed by atoms with Gasteiger partial charge in [0.25, 0.3) is 5.69 Å². The second-order valence-electron chi connectivity index (χ2n) is 5.30. The molecule has 0 radical (unpaired) electrons. The number of nitro groups is 1. The quantitative estimate of drug-likeness (QED) is 0.352. The van der Waals surface area contributed by atoms with Gasteiger partial charge in [0.15, 0.2) is 0 Å². The highest BCUT2D eigenvalue weighted by atomic mass is 16.6. The molecular weight excluding hydrogens is 276 g/mol. The van der Waals surface area contributed by atoms with E-state index in [1.165, 1.54) is 17.7 Å². The van der Waals surface area contributed by atoms with E-state index in [1.807, 2.05) is 24.3 Å². The lowest BCUT2D eigenvalue weighted by atomic mass is 9.99. The number of nitrogens with zero attached hydrogens (tertiary/aromatic N) is 2. The largest absolute Gasteiger partial charge is 0.269 e. The smallest absolute Gasteiger partial charge is 0.258 e. The van der Waals surface area contributed by atoms with Crippen LogP contribution in [-0.4, -0.2) is 4.92 Å². The predicted molar refractivity (Wildman–Crippen MR) is 87.1 cm³/mol. The van der Waals surface area contributed by atoms with Gasteiger partial charge in [0.05, 0.1) is 16.6 Å². The number of benzene rings is 2. The maximum Gasteiger partial charge on any atom is 0.269 e. The van der Waals surface area contributed by atoms with Gasteiger partial charge in [0.2, 0.25) is 0 Å². The lowest BCUT2D eigenvalue weighted by molar-refractivity contribution is -0.384. The van der Waals surface area contributed by atoms with Gasteiger partial charge in [-0.2, -0.15) is 5.26 Å². The van der Waals surface area contributed by atoms with Gasteiger partial charge >= 0.3 is 0 Å². The summed E-state index contributed by atoms with van der Waals surface area (Å²) < 4.78 is 0. The first-order valence-corrected chi connectivity index (χ1v) is 6.98. The molecule has 0 aliphatic heterocycles. The maximum atomic E-state index is 10.7. The minimum atomic E-state index is -0.454. The van der Waals surface area contributed by atoms with Crippen LogP contribution in [0.4, 0.5) is 5.69 Å². The van der Waals surface area contributed by atoms with E-state index < -0.39 is 4.92 Å². The first-order valence-electron chi connectivity index (χ1n) is 6.98. The lowest BCUT2D eigenvalue weighted by Crippen LogP contribution is -1.89. The summed E-state index contributed by atoms with van der Waals surface area (Å²) in [5.41, 5.74) is 3.33. The Kier molecular flexibility index (Phi) is 4.70. The van der Waals surface area contributed by atoms with Crippen LogP contribution in [0.2, 0.25) is 0 Å². The van der Waals surface area contributed by atoms with Gasteiger partial charge in [0, 0.05) is 12.1 Å². The normalized spacial score (nSPS) is 11.3. The maximum absolute atomic E-state index is 10.7.